The van der Waals surface area contributed by atoms with Gasteiger partial charge in [0, 0.05) is 12.6 Å². The molecule has 0 saturated carbocycles. The lowest BCUT2D eigenvalue weighted by atomic mass is 10.1. The van der Waals surface area contributed by atoms with E-state index in [-0.39, 0.29) is 17.9 Å². The Kier molecular flexibility index (Phi) is 7.29. The van der Waals surface area contributed by atoms with E-state index in [2.05, 4.69) is 5.32 Å². The van der Waals surface area contributed by atoms with E-state index in [1.165, 1.54) is 7.05 Å². The monoisotopic (exact) mass is 399 g/mol. The van der Waals surface area contributed by atoms with Crippen LogP contribution in [0.3, 0.4) is 0 Å². The average molecular weight is 399 g/mol. The molecular formula is C20H21N3O4S. The van der Waals surface area contributed by atoms with Crippen molar-refractivity contribution in [3.05, 3.63) is 71.8 Å². The molecule has 146 valence electrons. The smallest absolute Gasteiger partial charge is 0.257 e. The summed E-state index contributed by atoms with van der Waals surface area (Å²) in [5.74, 6) is -1.63. The van der Waals surface area contributed by atoms with Crippen LogP contribution in [0, 0.1) is 11.5 Å². The minimum Gasteiger partial charge on any atom is -0.340 e. The summed E-state index contributed by atoms with van der Waals surface area (Å²) >= 11 is 0. The van der Waals surface area contributed by atoms with Gasteiger partial charge in [0.25, 0.3) is 11.8 Å². The first-order chi connectivity index (χ1) is 13.3. The fraction of sp³-hybridized carbons (Fsp3) is 0.250. The first-order valence-electron chi connectivity index (χ1n) is 8.60. The number of rotatable bonds is 8. The topological polar surface area (TPSA) is 107 Å². The first-order valence-corrected chi connectivity index (χ1v) is 10.4. The number of nitrogens with one attached hydrogen (secondary N) is 1. The molecule has 28 heavy (non-hydrogen) atoms. The van der Waals surface area contributed by atoms with E-state index in [9.17, 15) is 18.0 Å². The van der Waals surface area contributed by atoms with E-state index < -0.39 is 27.7 Å². The number of carbonyl (C=O) groups excluding carboxylic acids is 2. The standard InChI is InChI=1S/C20H21N3O4S/c1-23(15-21)20(25)18(22-19(24)17-10-6-3-7-11-17)12-13-28(26,27)14-16-8-4-2-5-9-16/h2-11,18H,12-14H2,1H3,(H,22,24)/t18-/m0/s1. The van der Waals surface area contributed by atoms with Gasteiger partial charge in [0.05, 0.1) is 11.5 Å². The van der Waals surface area contributed by atoms with Gasteiger partial charge in [-0.15, -0.1) is 0 Å². The largest absolute Gasteiger partial charge is 0.340 e. The van der Waals surface area contributed by atoms with Gasteiger partial charge in [0.15, 0.2) is 16.0 Å². The number of likely N-dealkylation sites (N-methyl/N-ethyl adjacent to an activating group) is 1. The van der Waals surface area contributed by atoms with Crippen molar-refractivity contribution in [3.63, 3.8) is 0 Å². The van der Waals surface area contributed by atoms with Crippen LogP contribution in [0.2, 0.25) is 0 Å². The van der Waals surface area contributed by atoms with Crippen molar-refractivity contribution in [1.82, 2.24) is 10.2 Å². The lowest BCUT2D eigenvalue weighted by molar-refractivity contribution is -0.129. The van der Waals surface area contributed by atoms with Crippen molar-refractivity contribution >= 4 is 21.7 Å². The molecule has 2 aromatic rings. The zero-order valence-electron chi connectivity index (χ0n) is 15.4. The van der Waals surface area contributed by atoms with Crippen molar-refractivity contribution in [2.24, 2.45) is 0 Å². The van der Waals surface area contributed by atoms with Crippen LogP contribution >= 0.6 is 0 Å². The molecule has 0 saturated heterocycles. The Balaban J connectivity index is 2.10. The van der Waals surface area contributed by atoms with E-state index in [0.717, 1.165) is 4.90 Å². The number of benzene rings is 2. The minimum absolute atomic E-state index is 0.126. The molecule has 2 amide bonds. The van der Waals surface area contributed by atoms with Gasteiger partial charge < -0.3 is 5.32 Å². The maximum absolute atomic E-state index is 12.4. The molecule has 0 aliphatic carbocycles. The highest BCUT2D eigenvalue weighted by Gasteiger charge is 2.26. The summed E-state index contributed by atoms with van der Waals surface area (Å²) in [5.41, 5.74) is 0.986. The number of hydrogen-bond acceptors (Lipinski definition) is 5. The molecule has 0 radical (unpaired) electrons. The molecule has 0 aliphatic heterocycles. The number of nitriles is 1. The summed E-state index contributed by atoms with van der Waals surface area (Å²) in [4.78, 5) is 25.6. The molecule has 0 heterocycles. The molecule has 1 atom stereocenters. The summed E-state index contributed by atoms with van der Waals surface area (Å²) in [6.45, 7) is 0. The van der Waals surface area contributed by atoms with Crippen molar-refractivity contribution in [1.29, 1.82) is 5.26 Å². The highest BCUT2D eigenvalue weighted by Crippen LogP contribution is 2.10. The summed E-state index contributed by atoms with van der Waals surface area (Å²) in [5, 5.41) is 11.5. The van der Waals surface area contributed by atoms with E-state index in [4.69, 9.17) is 5.26 Å². The van der Waals surface area contributed by atoms with Crippen molar-refractivity contribution in [2.75, 3.05) is 12.8 Å². The van der Waals surface area contributed by atoms with Crippen LogP contribution in [0.4, 0.5) is 0 Å². The Morgan fingerprint density at radius 1 is 1.07 bits per heavy atom. The molecule has 0 aromatic heterocycles. The lowest BCUT2D eigenvalue weighted by Gasteiger charge is -2.20. The van der Waals surface area contributed by atoms with Gasteiger partial charge >= 0.3 is 0 Å². The fourth-order valence-corrected chi connectivity index (χ4v) is 4.01. The Hall–Kier alpha value is -3.18. The predicted octanol–water partition coefficient (Wildman–Crippen LogP) is 1.73. The number of nitrogens with zero attached hydrogens (tertiary/aromatic N) is 2. The van der Waals surface area contributed by atoms with Crippen LogP contribution in [0.15, 0.2) is 60.7 Å². The molecule has 7 nitrogen and oxygen atoms in total. The predicted molar refractivity (Wildman–Crippen MR) is 105 cm³/mol. The summed E-state index contributed by atoms with van der Waals surface area (Å²) in [6, 6.07) is 15.9. The first kappa shape index (κ1) is 21.1. The van der Waals surface area contributed by atoms with Gasteiger partial charge in [-0.05, 0) is 24.1 Å². The van der Waals surface area contributed by atoms with Gasteiger partial charge in [-0.1, -0.05) is 48.5 Å². The van der Waals surface area contributed by atoms with E-state index >= 15 is 0 Å². The Morgan fingerprint density at radius 2 is 1.64 bits per heavy atom. The summed E-state index contributed by atoms with van der Waals surface area (Å²) in [7, 11) is -2.23. The molecule has 0 unspecified atom stereocenters. The SMILES string of the molecule is CN(C#N)C(=O)[C@H](CCS(=O)(=O)Cc1ccccc1)NC(=O)c1ccccc1. The second kappa shape index (κ2) is 9.67. The van der Waals surface area contributed by atoms with Gasteiger partial charge in [0.1, 0.15) is 6.04 Å². The van der Waals surface area contributed by atoms with Gasteiger partial charge in [0.2, 0.25) is 0 Å². The van der Waals surface area contributed by atoms with Crippen LogP contribution in [0.5, 0.6) is 0 Å². The third-order valence-corrected chi connectivity index (χ3v) is 5.70. The Labute approximate surface area is 164 Å². The third kappa shape index (κ3) is 6.21. The fourth-order valence-electron chi connectivity index (χ4n) is 2.57. The molecule has 0 fully saturated rings. The summed E-state index contributed by atoms with van der Waals surface area (Å²) in [6.07, 6.45) is 1.55. The number of hydrogen-bond donors (Lipinski definition) is 1. The number of sulfone groups is 1. The van der Waals surface area contributed by atoms with Crippen molar-refractivity contribution < 1.29 is 18.0 Å². The molecule has 8 heteroatoms. The second-order valence-corrected chi connectivity index (χ2v) is 8.44. The van der Waals surface area contributed by atoms with Crippen molar-refractivity contribution in [3.8, 4) is 6.19 Å². The van der Waals surface area contributed by atoms with E-state index in [1.54, 1.807) is 66.9 Å². The van der Waals surface area contributed by atoms with Crippen LogP contribution in [0.25, 0.3) is 0 Å². The second-order valence-electron chi connectivity index (χ2n) is 6.26. The van der Waals surface area contributed by atoms with Gasteiger partial charge in [-0.2, -0.15) is 5.26 Å². The highest BCUT2D eigenvalue weighted by molar-refractivity contribution is 7.90. The molecule has 2 aromatic carbocycles. The molecule has 0 spiro atoms. The maximum Gasteiger partial charge on any atom is 0.257 e. The van der Waals surface area contributed by atoms with E-state index in [0.29, 0.717) is 11.1 Å². The molecule has 1 N–H and O–H groups in total. The Morgan fingerprint density at radius 3 is 2.21 bits per heavy atom. The van der Waals surface area contributed by atoms with Crippen LogP contribution in [-0.4, -0.2) is 44.0 Å². The van der Waals surface area contributed by atoms with Crippen molar-refractivity contribution in [2.45, 2.75) is 18.2 Å². The maximum atomic E-state index is 12.4. The van der Waals surface area contributed by atoms with Crippen LogP contribution in [0.1, 0.15) is 22.3 Å². The zero-order chi connectivity index (χ0) is 20.6. The van der Waals surface area contributed by atoms with Crippen LogP contribution < -0.4 is 5.32 Å². The lowest BCUT2D eigenvalue weighted by Crippen LogP contribution is -2.47. The van der Waals surface area contributed by atoms with Crippen LogP contribution in [-0.2, 0) is 20.4 Å². The molecule has 0 aliphatic rings. The Bertz CT molecular complexity index is 954. The molecular weight excluding hydrogens is 378 g/mol. The quantitative estimate of drug-likeness (QED) is 0.537. The third-order valence-electron chi connectivity index (χ3n) is 4.07. The minimum atomic E-state index is -3.50. The summed E-state index contributed by atoms with van der Waals surface area (Å²) < 4.78 is 24.8. The molecule has 2 rings (SSSR count). The number of amides is 2. The number of carbonyl (C=O) groups is 2. The normalized spacial score (nSPS) is 11.9. The van der Waals surface area contributed by atoms with E-state index in [1.807, 2.05) is 0 Å². The zero-order valence-corrected chi connectivity index (χ0v) is 16.2. The highest BCUT2D eigenvalue weighted by atomic mass is 32.2. The average Bonchev–Trinajstić information content (AvgIpc) is 2.70. The van der Waals surface area contributed by atoms with Gasteiger partial charge in [-0.25, -0.2) is 8.42 Å². The van der Waals surface area contributed by atoms with Gasteiger partial charge in [-0.3, -0.25) is 14.5 Å². The molecule has 0 bridgehead atoms.